The molecule has 0 spiro atoms. The molecule has 1 unspecified atom stereocenters. The van der Waals surface area contributed by atoms with E-state index in [0.29, 0.717) is 17.3 Å². The number of aryl methyl sites for hydroxylation is 1. The molecule has 0 aliphatic rings. The van der Waals surface area contributed by atoms with Crippen molar-refractivity contribution in [2.45, 2.75) is 37.4 Å². The number of aromatic nitrogens is 3. The van der Waals surface area contributed by atoms with Crippen molar-refractivity contribution < 1.29 is 4.74 Å². The number of hydrogen-bond donors (Lipinski definition) is 0. The predicted octanol–water partition coefficient (Wildman–Crippen LogP) is 6.51. The van der Waals surface area contributed by atoms with Crippen LogP contribution in [0.15, 0.2) is 60.3 Å². The Kier molecular flexibility index (Phi) is 7.05. The molecule has 1 aromatic heterocycles. The van der Waals surface area contributed by atoms with Crippen LogP contribution < -0.4 is 4.74 Å². The molecular weight excluding hydrogens is 413 g/mol. The number of hydrogen-bond acceptors (Lipinski definition) is 4. The van der Waals surface area contributed by atoms with Gasteiger partial charge in [-0.3, -0.25) is 4.57 Å². The van der Waals surface area contributed by atoms with Crippen LogP contribution in [0, 0.1) is 6.92 Å². The molecule has 0 aliphatic heterocycles. The summed E-state index contributed by atoms with van der Waals surface area (Å²) in [6, 6.07) is 13.4. The fourth-order valence-corrected chi connectivity index (χ4v) is 4.07. The van der Waals surface area contributed by atoms with Crippen LogP contribution in [-0.2, 0) is 12.3 Å². The lowest BCUT2D eigenvalue weighted by Crippen LogP contribution is -2.12. The molecule has 2 aromatic carbocycles. The van der Waals surface area contributed by atoms with Crippen LogP contribution in [-0.4, -0.2) is 14.8 Å². The van der Waals surface area contributed by atoms with Gasteiger partial charge in [-0.1, -0.05) is 59.2 Å². The van der Waals surface area contributed by atoms with Crippen molar-refractivity contribution in [2.75, 3.05) is 0 Å². The first-order valence-corrected chi connectivity index (χ1v) is 10.6. The Labute approximate surface area is 179 Å². The van der Waals surface area contributed by atoms with Crippen molar-refractivity contribution >= 4 is 35.0 Å². The highest BCUT2D eigenvalue weighted by Crippen LogP contribution is 2.29. The fraction of sp³-hybridized carbons (Fsp3) is 0.238. The molecule has 0 amide bonds. The molecule has 0 saturated heterocycles. The van der Waals surface area contributed by atoms with Gasteiger partial charge in [-0.15, -0.1) is 16.8 Å². The van der Waals surface area contributed by atoms with Crippen LogP contribution in [0.2, 0.25) is 10.0 Å². The second-order valence-electron chi connectivity index (χ2n) is 6.29. The van der Waals surface area contributed by atoms with Crippen molar-refractivity contribution in [3.05, 3.63) is 82.1 Å². The summed E-state index contributed by atoms with van der Waals surface area (Å²) in [6.07, 6.45) is 1.55. The van der Waals surface area contributed by atoms with Gasteiger partial charge in [0.05, 0.1) is 0 Å². The SMILES string of the molecule is C=CCn1c(SCc2ccccc2Cl)nnc1C(C)Oc1ccc(Cl)c(C)c1. The van der Waals surface area contributed by atoms with E-state index in [4.69, 9.17) is 27.9 Å². The largest absolute Gasteiger partial charge is 0.483 e. The van der Waals surface area contributed by atoms with E-state index in [0.717, 1.165) is 32.9 Å². The molecule has 3 rings (SSSR count). The summed E-state index contributed by atoms with van der Waals surface area (Å²) in [6.45, 7) is 8.35. The van der Waals surface area contributed by atoms with Crippen LogP contribution in [0.1, 0.15) is 30.0 Å². The van der Waals surface area contributed by atoms with Gasteiger partial charge in [0.2, 0.25) is 0 Å². The Morgan fingerprint density at radius 2 is 1.96 bits per heavy atom. The Morgan fingerprint density at radius 1 is 1.18 bits per heavy atom. The molecule has 0 bridgehead atoms. The lowest BCUT2D eigenvalue weighted by Gasteiger charge is -2.16. The summed E-state index contributed by atoms with van der Waals surface area (Å²) in [5.74, 6) is 2.20. The molecule has 146 valence electrons. The van der Waals surface area contributed by atoms with E-state index in [1.807, 2.05) is 67.0 Å². The number of rotatable bonds is 8. The minimum atomic E-state index is -0.275. The highest BCUT2D eigenvalue weighted by Gasteiger charge is 2.19. The minimum Gasteiger partial charge on any atom is -0.483 e. The zero-order valence-electron chi connectivity index (χ0n) is 15.7. The Hall–Kier alpha value is -1.95. The molecule has 0 fully saturated rings. The van der Waals surface area contributed by atoms with Gasteiger partial charge in [-0.25, -0.2) is 0 Å². The van der Waals surface area contributed by atoms with Crippen molar-refractivity contribution in [3.63, 3.8) is 0 Å². The summed E-state index contributed by atoms with van der Waals surface area (Å²) in [4.78, 5) is 0. The predicted molar refractivity (Wildman–Crippen MR) is 116 cm³/mol. The van der Waals surface area contributed by atoms with E-state index in [1.54, 1.807) is 11.8 Å². The maximum Gasteiger partial charge on any atom is 0.191 e. The molecule has 1 atom stereocenters. The summed E-state index contributed by atoms with van der Waals surface area (Å²) in [5, 5.41) is 11.0. The quantitative estimate of drug-likeness (QED) is 0.299. The zero-order valence-corrected chi connectivity index (χ0v) is 18.1. The van der Waals surface area contributed by atoms with Crippen molar-refractivity contribution in [1.29, 1.82) is 0 Å². The van der Waals surface area contributed by atoms with Crippen molar-refractivity contribution in [3.8, 4) is 5.75 Å². The molecule has 4 nitrogen and oxygen atoms in total. The summed E-state index contributed by atoms with van der Waals surface area (Å²) in [5.41, 5.74) is 2.03. The van der Waals surface area contributed by atoms with Gasteiger partial charge >= 0.3 is 0 Å². The van der Waals surface area contributed by atoms with Crippen LogP contribution in [0.4, 0.5) is 0 Å². The summed E-state index contributed by atoms with van der Waals surface area (Å²) < 4.78 is 8.09. The average Bonchev–Trinajstić information content (AvgIpc) is 3.07. The number of nitrogens with zero attached hydrogens (tertiary/aromatic N) is 3. The minimum absolute atomic E-state index is 0.275. The highest BCUT2D eigenvalue weighted by molar-refractivity contribution is 7.98. The molecule has 1 heterocycles. The Morgan fingerprint density at radius 3 is 2.68 bits per heavy atom. The van der Waals surface area contributed by atoms with Gasteiger partial charge in [0.1, 0.15) is 5.75 Å². The first kappa shape index (κ1) is 20.8. The van der Waals surface area contributed by atoms with Crippen LogP contribution >= 0.6 is 35.0 Å². The normalized spacial score (nSPS) is 12.0. The molecule has 0 saturated carbocycles. The van der Waals surface area contributed by atoms with Gasteiger partial charge in [0, 0.05) is 22.3 Å². The van der Waals surface area contributed by atoms with E-state index in [9.17, 15) is 0 Å². The monoisotopic (exact) mass is 433 g/mol. The zero-order chi connectivity index (χ0) is 20.1. The molecule has 0 radical (unpaired) electrons. The third kappa shape index (κ3) is 4.90. The van der Waals surface area contributed by atoms with E-state index in [-0.39, 0.29) is 6.10 Å². The highest BCUT2D eigenvalue weighted by atomic mass is 35.5. The van der Waals surface area contributed by atoms with E-state index < -0.39 is 0 Å². The van der Waals surface area contributed by atoms with Gasteiger partial charge < -0.3 is 4.74 Å². The summed E-state index contributed by atoms with van der Waals surface area (Å²) >= 11 is 13.9. The maximum absolute atomic E-state index is 6.26. The molecule has 3 aromatic rings. The second kappa shape index (κ2) is 9.50. The maximum atomic E-state index is 6.26. The number of ether oxygens (including phenoxy) is 1. The number of halogens is 2. The van der Waals surface area contributed by atoms with E-state index in [2.05, 4.69) is 16.8 Å². The van der Waals surface area contributed by atoms with Gasteiger partial charge in [-0.05, 0) is 49.2 Å². The third-order valence-corrected chi connectivity index (χ3v) is 5.99. The molecule has 7 heteroatoms. The van der Waals surface area contributed by atoms with E-state index in [1.165, 1.54) is 0 Å². The van der Waals surface area contributed by atoms with Crippen molar-refractivity contribution in [1.82, 2.24) is 14.8 Å². The molecular formula is C21H21Cl2N3OS. The fourth-order valence-electron chi connectivity index (χ4n) is 2.71. The molecule has 0 N–H and O–H groups in total. The summed E-state index contributed by atoms with van der Waals surface area (Å²) in [7, 11) is 0. The molecule has 28 heavy (non-hydrogen) atoms. The van der Waals surface area contributed by atoms with E-state index >= 15 is 0 Å². The number of benzene rings is 2. The third-order valence-electron chi connectivity index (χ3n) is 4.18. The first-order valence-electron chi connectivity index (χ1n) is 8.82. The van der Waals surface area contributed by atoms with Gasteiger partial charge in [0.25, 0.3) is 0 Å². The smallest absolute Gasteiger partial charge is 0.191 e. The topological polar surface area (TPSA) is 39.9 Å². The standard InChI is InChI=1S/C21H21Cl2N3OS/c1-4-11-26-20(15(3)27-17-9-10-18(22)14(2)12-17)24-25-21(26)28-13-16-7-5-6-8-19(16)23/h4-10,12,15H,1,11,13H2,2-3H3. The first-order chi connectivity index (χ1) is 13.5. The van der Waals surface area contributed by atoms with Crippen LogP contribution in [0.3, 0.4) is 0 Å². The van der Waals surface area contributed by atoms with Gasteiger partial charge in [-0.2, -0.15) is 0 Å². The van der Waals surface area contributed by atoms with Crippen molar-refractivity contribution in [2.24, 2.45) is 0 Å². The Balaban J connectivity index is 1.78. The number of allylic oxidation sites excluding steroid dienone is 1. The van der Waals surface area contributed by atoms with Crippen LogP contribution in [0.25, 0.3) is 0 Å². The number of thioether (sulfide) groups is 1. The Bertz CT molecular complexity index is 974. The van der Waals surface area contributed by atoms with Crippen LogP contribution in [0.5, 0.6) is 5.75 Å². The lowest BCUT2D eigenvalue weighted by molar-refractivity contribution is 0.210. The molecule has 0 aliphatic carbocycles. The lowest BCUT2D eigenvalue weighted by atomic mass is 10.2. The average molecular weight is 434 g/mol. The second-order valence-corrected chi connectivity index (χ2v) is 8.05. The van der Waals surface area contributed by atoms with Gasteiger partial charge in [0.15, 0.2) is 17.1 Å².